The third-order valence-corrected chi connectivity index (χ3v) is 5.36. The summed E-state index contributed by atoms with van der Waals surface area (Å²) in [5.41, 5.74) is -0.0684. The first-order valence-corrected chi connectivity index (χ1v) is 10.2. The number of amides is 1. The predicted molar refractivity (Wildman–Crippen MR) is 115 cm³/mol. The number of aromatic nitrogens is 2. The zero-order valence-corrected chi connectivity index (χ0v) is 18.5. The van der Waals surface area contributed by atoms with Crippen molar-refractivity contribution in [1.82, 2.24) is 19.8 Å². The summed E-state index contributed by atoms with van der Waals surface area (Å²) in [5, 5.41) is 5.29. The van der Waals surface area contributed by atoms with Crippen LogP contribution in [0.1, 0.15) is 29.8 Å². The molecule has 32 heavy (non-hydrogen) atoms. The van der Waals surface area contributed by atoms with Gasteiger partial charge in [0.1, 0.15) is 17.1 Å². The zero-order chi connectivity index (χ0) is 23.5. The summed E-state index contributed by atoms with van der Waals surface area (Å²) in [6.45, 7) is 7.19. The van der Waals surface area contributed by atoms with E-state index in [9.17, 15) is 18.0 Å². The van der Waals surface area contributed by atoms with Crippen LogP contribution in [0.4, 0.5) is 30.6 Å². The van der Waals surface area contributed by atoms with E-state index < -0.39 is 11.7 Å². The van der Waals surface area contributed by atoms with E-state index >= 15 is 0 Å². The van der Waals surface area contributed by atoms with E-state index in [0.717, 1.165) is 13.1 Å². The first-order chi connectivity index (χ1) is 15.1. The number of anilines is 3. The summed E-state index contributed by atoms with van der Waals surface area (Å²) < 4.78 is 44.5. The lowest BCUT2D eigenvalue weighted by Gasteiger charge is -2.37. The maximum Gasteiger partial charge on any atom is 0.421 e. The number of nitrogens with zero attached hydrogens (tertiary/aromatic N) is 4. The van der Waals surface area contributed by atoms with E-state index in [2.05, 4.69) is 39.3 Å². The first kappa shape index (κ1) is 23.6. The Bertz CT molecular complexity index is 959. The Labute approximate surface area is 184 Å². The molecule has 0 unspecified atom stereocenters. The van der Waals surface area contributed by atoms with Crippen LogP contribution in [0.2, 0.25) is 0 Å². The molecular weight excluding hydrogens is 425 g/mol. The number of rotatable bonds is 6. The number of carbonyl (C=O) groups is 1. The number of benzene rings is 1. The number of ether oxygens (including phenoxy) is 1. The normalized spacial score (nSPS) is 15.1. The largest absolute Gasteiger partial charge is 0.495 e. The number of hydrogen-bond acceptors (Lipinski definition) is 7. The number of halogens is 3. The second-order valence-electron chi connectivity index (χ2n) is 7.67. The molecule has 1 aromatic carbocycles. The molecule has 1 aromatic heterocycles. The van der Waals surface area contributed by atoms with Crippen molar-refractivity contribution >= 4 is 23.4 Å². The fourth-order valence-electron chi connectivity index (χ4n) is 3.51. The van der Waals surface area contributed by atoms with Crippen molar-refractivity contribution in [3.63, 3.8) is 0 Å². The molecule has 2 N–H and O–H groups in total. The smallest absolute Gasteiger partial charge is 0.421 e. The molecule has 1 aliphatic heterocycles. The highest BCUT2D eigenvalue weighted by atomic mass is 19.4. The predicted octanol–water partition coefficient (Wildman–Crippen LogP) is 3.46. The molecule has 0 bridgehead atoms. The van der Waals surface area contributed by atoms with Crippen LogP contribution in [0.15, 0.2) is 24.4 Å². The van der Waals surface area contributed by atoms with Crippen molar-refractivity contribution in [3.8, 4) is 5.75 Å². The second-order valence-corrected chi connectivity index (χ2v) is 7.67. The van der Waals surface area contributed by atoms with E-state index in [4.69, 9.17) is 4.74 Å². The highest BCUT2D eigenvalue weighted by Gasteiger charge is 2.35. The van der Waals surface area contributed by atoms with E-state index in [1.807, 2.05) is 0 Å². The van der Waals surface area contributed by atoms with Gasteiger partial charge in [0.15, 0.2) is 0 Å². The minimum absolute atomic E-state index is 0.0375. The molecule has 0 spiro atoms. The lowest BCUT2D eigenvalue weighted by atomic mass is 10.1. The monoisotopic (exact) mass is 452 g/mol. The number of nitrogens with one attached hydrogen (secondary N) is 2. The van der Waals surface area contributed by atoms with Crippen molar-refractivity contribution in [2.45, 2.75) is 26.1 Å². The van der Waals surface area contributed by atoms with E-state index in [1.165, 1.54) is 14.2 Å². The van der Waals surface area contributed by atoms with Crippen LogP contribution in [0.3, 0.4) is 0 Å². The molecule has 3 rings (SSSR count). The van der Waals surface area contributed by atoms with Gasteiger partial charge < -0.3 is 20.3 Å². The average Bonchev–Trinajstić information content (AvgIpc) is 2.78. The summed E-state index contributed by atoms with van der Waals surface area (Å²) in [6, 6.07) is 5.30. The quantitative estimate of drug-likeness (QED) is 0.695. The van der Waals surface area contributed by atoms with Crippen LogP contribution >= 0.6 is 0 Å². The van der Waals surface area contributed by atoms with E-state index in [-0.39, 0.29) is 17.7 Å². The SMILES string of the molecule is CNc1nc(Nc2ccc(C(=O)N3CCN(C(C)C)CC3)cc2OC)ncc1C(F)(F)F. The first-order valence-electron chi connectivity index (χ1n) is 10.2. The molecule has 1 amide bonds. The van der Waals surface area contributed by atoms with Gasteiger partial charge in [0.2, 0.25) is 5.95 Å². The van der Waals surface area contributed by atoms with Crippen LogP contribution in [0, 0.1) is 0 Å². The molecule has 0 aliphatic carbocycles. The molecule has 0 saturated carbocycles. The summed E-state index contributed by atoms with van der Waals surface area (Å²) in [7, 11) is 2.80. The van der Waals surface area contributed by atoms with Crippen LogP contribution in [-0.2, 0) is 6.18 Å². The van der Waals surface area contributed by atoms with Gasteiger partial charge in [0, 0.05) is 51.0 Å². The molecule has 11 heteroatoms. The Morgan fingerprint density at radius 3 is 2.44 bits per heavy atom. The van der Waals surface area contributed by atoms with Gasteiger partial charge in [-0.05, 0) is 32.0 Å². The Morgan fingerprint density at radius 2 is 1.88 bits per heavy atom. The Balaban J connectivity index is 1.77. The van der Waals surface area contributed by atoms with Gasteiger partial charge in [-0.25, -0.2) is 4.98 Å². The minimum atomic E-state index is -4.57. The van der Waals surface area contributed by atoms with Crippen LogP contribution in [0.5, 0.6) is 5.75 Å². The molecule has 0 radical (unpaired) electrons. The van der Waals surface area contributed by atoms with Gasteiger partial charge in [-0.2, -0.15) is 18.2 Å². The highest BCUT2D eigenvalue weighted by molar-refractivity contribution is 5.95. The second kappa shape index (κ2) is 9.60. The molecular formula is C21H27F3N6O2. The Hall–Kier alpha value is -3.08. The fraction of sp³-hybridized carbons (Fsp3) is 0.476. The highest BCUT2D eigenvalue weighted by Crippen LogP contribution is 2.34. The van der Waals surface area contributed by atoms with Gasteiger partial charge in [-0.1, -0.05) is 0 Å². The Kier molecular flexibility index (Phi) is 7.07. The van der Waals surface area contributed by atoms with Gasteiger partial charge in [-0.3, -0.25) is 9.69 Å². The number of alkyl halides is 3. The molecule has 1 saturated heterocycles. The van der Waals surface area contributed by atoms with Crippen molar-refractivity contribution in [3.05, 3.63) is 35.5 Å². The summed E-state index contributed by atoms with van der Waals surface area (Å²) in [5.74, 6) is -0.126. The van der Waals surface area contributed by atoms with E-state index in [0.29, 0.717) is 42.3 Å². The molecule has 1 aliphatic rings. The van der Waals surface area contributed by atoms with Crippen LogP contribution in [0.25, 0.3) is 0 Å². The van der Waals surface area contributed by atoms with E-state index in [1.54, 1.807) is 23.1 Å². The number of methoxy groups -OCH3 is 1. The number of hydrogen-bond donors (Lipinski definition) is 2. The van der Waals surface area contributed by atoms with Crippen LogP contribution in [-0.4, -0.2) is 72.1 Å². The average molecular weight is 452 g/mol. The standard InChI is InChI=1S/C21H27F3N6O2/c1-13(2)29-7-9-30(10-8-29)19(31)14-5-6-16(17(11-14)32-4)27-20-26-12-15(21(22,23)24)18(25-3)28-20/h5-6,11-13H,7-10H2,1-4H3,(H2,25,26,27,28). The zero-order valence-electron chi connectivity index (χ0n) is 18.5. The van der Waals surface area contributed by atoms with Gasteiger partial charge >= 0.3 is 6.18 Å². The Morgan fingerprint density at radius 1 is 1.19 bits per heavy atom. The number of carbonyl (C=O) groups excluding carboxylic acids is 1. The molecule has 174 valence electrons. The van der Waals surface area contributed by atoms with Gasteiger partial charge in [0.25, 0.3) is 5.91 Å². The van der Waals surface area contributed by atoms with Crippen molar-refractivity contribution in [2.24, 2.45) is 0 Å². The lowest BCUT2D eigenvalue weighted by molar-refractivity contribution is -0.137. The fourth-order valence-corrected chi connectivity index (χ4v) is 3.51. The minimum Gasteiger partial charge on any atom is -0.495 e. The third-order valence-electron chi connectivity index (χ3n) is 5.36. The van der Waals surface area contributed by atoms with Gasteiger partial charge in [-0.15, -0.1) is 0 Å². The molecule has 8 nitrogen and oxygen atoms in total. The maximum absolute atomic E-state index is 13.0. The van der Waals surface area contributed by atoms with Crippen LogP contribution < -0.4 is 15.4 Å². The third kappa shape index (κ3) is 5.21. The summed E-state index contributed by atoms with van der Waals surface area (Å²) in [4.78, 5) is 24.7. The van der Waals surface area contributed by atoms with Crippen molar-refractivity contribution in [2.75, 3.05) is 51.0 Å². The molecule has 2 aromatic rings. The molecule has 0 atom stereocenters. The summed E-state index contributed by atoms with van der Waals surface area (Å²) >= 11 is 0. The molecule has 1 fully saturated rings. The topological polar surface area (TPSA) is 82.6 Å². The number of piperazine rings is 1. The maximum atomic E-state index is 13.0. The molecule has 2 heterocycles. The van der Waals surface area contributed by atoms with Gasteiger partial charge in [0.05, 0.1) is 12.8 Å². The van der Waals surface area contributed by atoms with Crippen molar-refractivity contribution in [1.29, 1.82) is 0 Å². The summed E-state index contributed by atoms with van der Waals surface area (Å²) in [6.07, 6.45) is -3.86. The van der Waals surface area contributed by atoms with Crippen molar-refractivity contribution < 1.29 is 22.7 Å². The lowest BCUT2D eigenvalue weighted by Crippen LogP contribution is -2.50.